The fourth-order valence-corrected chi connectivity index (χ4v) is 0.424. The van der Waals surface area contributed by atoms with Crippen LogP contribution in [0.4, 0.5) is 0 Å². The maximum absolute atomic E-state index is 10.1. The van der Waals surface area contributed by atoms with Crippen molar-refractivity contribution in [2.45, 2.75) is 6.92 Å². The van der Waals surface area contributed by atoms with Gasteiger partial charge in [0, 0.05) is 0 Å². The first-order chi connectivity index (χ1) is 6.90. The molecule has 0 aliphatic carbocycles. The lowest BCUT2D eigenvalue weighted by Gasteiger charge is -1.89. The normalized spacial score (nSPS) is 9.07. The quantitative estimate of drug-likeness (QED) is 0.442. The molecule has 0 spiro atoms. The second kappa shape index (κ2) is 8.78. The number of esters is 1. The molecule has 0 radical (unpaired) electrons. The van der Waals surface area contributed by atoms with E-state index in [0.29, 0.717) is 0 Å². The van der Waals surface area contributed by atoms with Crippen LogP contribution in [0.2, 0.25) is 0 Å². The second-order valence-electron chi connectivity index (χ2n) is 2.02. The predicted octanol–water partition coefficient (Wildman–Crippen LogP) is 1.45. The van der Waals surface area contributed by atoms with Gasteiger partial charge in [0.2, 0.25) is 0 Å². The lowest BCUT2D eigenvalue weighted by molar-refractivity contribution is -0.135. The van der Waals surface area contributed by atoms with Gasteiger partial charge in [-0.3, -0.25) is 0 Å². The van der Waals surface area contributed by atoms with Crippen molar-refractivity contribution in [3.63, 3.8) is 0 Å². The molecule has 0 aromatic heterocycles. The third kappa shape index (κ3) is 8.53. The summed E-state index contributed by atoms with van der Waals surface area (Å²) in [4.78, 5) is 19.9. The first-order valence-electron chi connectivity index (χ1n) is 3.63. The summed E-state index contributed by atoms with van der Waals surface area (Å²) in [6, 6.07) is 1.51. The van der Waals surface area contributed by atoms with Crippen molar-refractivity contribution < 1.29 is 19.4 Å². The van der Waals surface area contributed by atoms with Crippen LogP contribution in [-0.4, -0.2) is 24.2 Å². The Balaban J connectivity index is 0. The highest BCUT2D eigenvalue weighted by Gasteiger charge is 2.00. The van der Waals surface area contributed by atoms with Crippen LogP contribution < -0.4 is 0 Å². The number of nitriles is 1. The molecule has 0 bridgehead atoms. The molecule has 82 valence electrons. The summed E-state index contributed by atoms with van der Waals surface area (Å²) in [7, 11) is 1.25. The van der Waals surface area contributed by atoms with Gasteiger partial charge in [0.25, 0.3) is 0 Å². The first-order valence-corrected chi connectivity index (χ1v) is 4.00. The molecular weight excluding hydrogens is 222 g/mol. The molecule has 0 aliphatic heterocycles. The Bertz CT molecular complexity index is 327. The van der Waals surface area contributed by atoms with Crippen LogP contribution in [0.1, 0.15) is 6.92 Å². The monoisotopic (exact) mass is 231 g/mol. The molecule has 0 rings (SSSR count). The van der Waals surface area contributed by atoms with Crippen LogP contribution >= 0.6 is 11.6 Å². The molecule has 15 heavy (non-hydrogen) atoms. The fourth-order valence-electron chi connectivity index (χ4n) is 0.347. The lowest BCUT2D eigenvalue weighted by Crippen LogP contribution is -1.97. The number of rotatable bonds is 2. The zero-order valence-corrected chi connectivity index (χ0v) is 9.04. The Labute approximate surface area is 92.2 Å². The standard InChI is InChI=1S/C5H5NO2.C4H5ClO2/c1-2-4(3-6)5(7)8;1-3(5)4(6)7-2/h2H,1H3,(H,7,8);1H2,2H3. The highest BCUT2D eigenvalue weighted by Crippen LogP contribution is 1.96. The molecule has 1 N–H and O–H groups in total. The number of hydrogen-bond acceptors (Lipinski definition) is 4. The largest absolute Gasteiger partial charge is 0.477 e. The number of methoxy groups -OCH3 is 1. The molecule has 6 heteroatoms. The number of allylic oxidation sites excluding steroid dienone is 1. The van der Waals surface area contributed by atoms with Crippen LogP contribution in [0, 0.1) is 11.3 Å². The van der Waals surface area contributed by atoms with Crippen molar-refractivity contribution in [2.75, 3.05) is 7.11 Å². The second-order valence-corrected chi connectivity index (χ2v) is 2.47. The van der Waals surface area contributed by atoms with E-state index in [4.69, 9.17) is 22.0 Å². The zero-order chi connectivity index (χ0) is 12.4. The minimum absolute atomic E-state index is 0.0949. The lowest BCUT2D eigenvalue weighted by atomic mass is 10.3. The summed E-state index contributed by atoms with van der Waals surface area (Å²) in [5, 5.41) is 16.0. The predicted molar refractivity (Wildman–Crippen MR) is 54.0 cm³/mol. The summed E-state index contributed by atoms with van der Waals surface area (Å²) in [6.45, 7) is 4.62. The van der Waals surface area contributed by atoms with E-state index in [0.717, 1.165) is 0 Å². The summed E-state index contributed by atoms with van der Waals surface area (Å²) >= 11 is 5.06. The van der Waals surface area contributed by atoms with Crippen LogP contribution in [-0.2, 0) is 14.3 Å². The Kier molecular flexibility index (Phi) is 9.17. The first kappa shape index (κ1) is 15.7. The van der Waals surface area contributed by atoms with Gasteiger partial charge >= 0.3 is 11.9 Å². The fraction of sp³-hybridized carbons (Fsp3) is 0.222. The minimum atomic E-state index is -1.17. The van der Waals surface area contributed by atoms with Gasteiger partial charge in [-0.05, 0) is 6.92 Å². The summed E-state index contributed by atoms with van der Waals surface area (Å²) in [5.41, 5.74) is -0.218. The van der Waals surface area contributed by atoms with E-state index in [2.05, 4.69) is 11.3 Å². The topological polar surface area (TPSA) is 87.4 Å². The molecule has 0 amide bonds. The SMILES string of the molecule is C=C(Cl)C(=O)OC.CC=C(C#N)C(=O)O. The van der Waals surface area contributed by atoms with Crippen molar-refractivity contribution >= 4 is 23.5 Å². The molecule has 0 heterocycles. The van der Waals surface area contributed by atoms with Crippen LogP contribution in [0.5, 0.6) is 0 Å². The van der Waals surface area contributed by atoms with Crippen molar-refractivity contribution in [2.24, 2.45) is 0 Å². The molecule has 5 nitrogen and oxygen atoms in total. The van der Waals surface area contributed by atoms with E-state index in [1.165, 1.54) is 26.2 Å². The van der Waals surface area contributed by atoms with Gasteiger partial charge in [0.05, 0.1) is 7.11 Å². The molecule has 0 aliphatic rings. The van der Waals surface area contributed by atoms with E-state index >= 15 is 0 Å². The maximum atomic E-state index is 10.1. The number of aliphatic carboxylic acids is 1. The van der Waals surface area contributed by atoms with E-state index in [9.17, 15) is 9.59 Å². The number of carboxylic acids is 1. The molecule has 0 aromatic rings. The number of carboxylic acid groups (broad SMARTS) is 1. The minimum Gasteiger partial charge on any atom is -0.477 e. The molecule has 0 fully saturated rings. The van der Waals surface area contributed by atoms with Crippen LogP contribution in [0.25, 0.3) is 0 Å². The zero-order valence-electron chi connectivity index (χ0n) is 8.28. The molecule has 0 aromatic carbocycles. The summed E-state index contributed by atoms with van der Waals surface area (Å²) in [5.74, 6) is -1.75. The Morgan fingerprint density at radius 1 is 1.60 bits per heavy atom. The highest BCUT2D eigenvalue weighted by molar-refractivity contribution is 6.40. The third-order valence-electron chi connectivity index (χ3n) is 1.05. The van der Waals surface area contributed by atoms with Crippen molar-refractivity contribution in [3.05, 3.63) is 23.3 Å². The molecule has 0 atom stereocenters. The summed E-state index contributed by atoms with van der Waals surface area (Å²) in [6.07, 6.45) is 1.25. The number of halogens is 1. The average molecular weight is 232 g/mol. The van der Waals surface area contributed by atoms with Gasteiger partial charge < -0.3 is 9.84 Å². The van der Waals surface area contributed by atoms with Gasteiger partial charge in [-0.15, -0.1) is 0 Å². The van der Waals surface area contributed by atoms with E-state index in [1.807, 2.05) is 0 Å². The average Bonchev–Trinajstić information content (AvgIpc) is 2.18. The number of ether oxygens (including phenoxy) is 1. The van der Waals surface area contributed by atoms with Gasteiger partial charge in [0.15, 0.2) is 0 Å². The van der Waals surface area contributed by atoms with E-state index < -0.39 is 11.9 Å². The van der Waals surface area contributed by atoms with Gasteiger partial charge in [-0.25, -0.2) is 9.59 Å². The Morgan fingerprint density at radius 2 is 2.07 bits per heavy atom. The Morgan fingerprint density at radius 3 is 2.07 bits per heavy atom. The van der Waals surface area contributed by atoms with Crippen molar-refractivity contribution in [1.82, 2.24) is 0 Å². The van der Waals surface area contributed by atoms with E-state index in [1.54, 1.807) is 0 Å². The maximum Gasteiger partial charge on any atom is 0.348 e. The Hall–Kier alpha value is -1.80. The smallest absolute Gasteiger partial charge is 0.348 e. The molecule has 0 unspecified atom stereocenters. The number of nitrogens with zero attached hydrogens (tertiary/aromatic N) is 1. The van der Waals surface area contributed by atoms with Crippen molar-refractivity contribution in [1.29, 1.82) is 5.26 Å². The third-order valence-corrected chi connectivity index (χ3v) is 1.20. The number of carbonyl (C=O) groups excluding carboxylic acids is 1. The van der Waals surface area contributed by atoms with Gasteiger partial charge in [0.1, 0.15) is 16.7 Å². The number of hydrogen-bond donors (Lipinski definition) is 1. The highest BCUT2D eigenvalue weighted by atomic mass is 35.5. The van der Waals surface area contributed by atoms with Crippen molar-refractivity contribution in [3.8, 4) is 6.07 Å². The number of carbonyl (C=O) groups is 2. The van der Waals surface area contributed by atoms with Gasteiger partial charge in [-0.2, -0.15) is 5.26 Å². The van der Waals surface area contributed by atoms with E-state index in [-0.39, 0.29) is 10.6 Å². The van der Waals surface area contributed by atoms with Crippen LogP contribution in [0.15, 0.2) is 23.3 Å². The molecular formula is C9H10ClNO4. The summed E-state index contributed by atoms with van der Waals surface area (Å²) < 4.78 is 4.14. The molecule has 0 saturated carbocycles. The van der Waals surface area contributed by atoms with Gasteiger partial charge in [-0.1, -0.05) is 24.3 Å². The van der Waals surface area contributed by atoms with Crippen LogP contribution in [0.3, 0.4) is 0 Å². The molecule has 0 saturated heterocycles.